The first-order valence-corrected chi connectivity index (χ1v) is 19.3. The van der Waals surface area contributed by atoms with Crippen molar-refractivity contribution < 1.29 is 4.42 Å². The van der Waals surface area contributed by atoms with E-state index in [2.05, 4.69) is 191 Å². The Labute approximate surface area is 330 Å². The number of fused-ring (bicyclic) bond motifs is 6. The monoisotopic (exact) mass is 729 g/mol. The van der Waals surface area contributed by atoms with E-state index in [1.54, 1.807) is 0 Å². The lowest BCUT2D eigenvalue weighted by Gasteiger charge is -2.25. The van der Waals surface area contributed by atoms with Gasteiger partial charge >= 0.3 is 0 Å². The zero-order valence-electron chi connectivity index (χ0n) is 31.0. The Morgan fingerprint density at radius 1 is 0.368 bits per heavy atom. The number of furan rings is 1. The Morgan fingerprint density at radius 2 is 0.930 bits per heavy atom. The van der Waals surface area contributed by atoms with Gasteiger partial charge in [-0.05, 0) is 125 Å². The van der Waals surface area contributed by atoms with Gasteiger partial charge in [0, 0.05) is 44.2 Å². The van der Waals surface area contributed by atoms with Crippen molar-refractivity contribution in [3.05, 3.63) is 212 Å². The molecule has 0 aliphatic heterocycles. The van der Waals surface area contributed by atoms with E-state index >= 15 is 0 Å². The van der Waals surface area contributed by atoms with Crippen LogP contribution in [0.1, 0.15) is 0 Å². The molecule has 3 heterocycles. The second-order valence-electron chi connectivity index (χ2n) is 14.4. The van der Waals surface area contributed by atoms with Gasteiger partial charge in [-0.1, -0.05) is 103 Å². The summed E-state index contributed by atoms with van der Waals surface area (Å²) in [6.45, 7) is 0. The molecule has 11 aromatic rings. The average Bonchev–Trinajstić information content (AvgIpc) is 3.83. The number of nitrogens with zero attached hydrogens (tertiary/aromatic N) is 3. The first-order chi connectivity index (χ1) is 28.2. The SMILES string of the molecule is c1ccc(N(c2ccccc2)c2ccc(-c3cc(-c4ccc5oc6ccccc6c5c4)cc(-c4ccc5c(c4)c4ccccc4n5-c4ccccc4)c3)nc2)cc1. The Balaban J connectivity index is 1.08. The number of hydrogen-bond donors (Lipinski definition) is 0. The fraction of sp³-hybridized carbons (Fsp3) is 0. The first-order valence-electron chi connectivity index (χ1n) is 19.3. The topological polar surface area (TPSA) is 34.2 Å². The molecule has 4 nitrogen and oxygen atoms in total. The van der Waals surface area contributed by atoms with E-state index in [0.717, 1.165) is 78.2 Å². The molecule has 0 fully saturated rings. The molecule has 0 aliphatic rings. The fourth-order valence-electron chi connectivity index (χ4n) is 8.31. The van der Waals surface area contributed by atoms with E-state index in [1.807, 2.05) is 30.5 Å². The highest BCUT2D eigenvalue weighted by Gasteiger charge is 2.17. The molecule has 0 aliphatic carbocycles. The molecule has 0 spiro atoms. The van der Waals surface area contributed by atoms with E-state index in [-0.39, 0.29) is 0 Å². The lowest BCUT2D eigenvalue weighted by molar-refractivity contribution is 0.669. The highest BCUT2D eigenvalue weighted by Crippen LogP contribution is 2.40. The van der Waals surface area contributed by atoms with Gasteiger partial charge in [-0.25, -0.2) is 0 Å². The number of anilines is 3. The minimum atomic E-state index is 0.884. The molecular weight excluding hydrogens is 695 g/mol. The van der Waals surface area contributed by atoms with Crippen molar-refractivity contribution in [2.24, 2.45) is 0 Å². The predicted octanol–water partition coefficient (Wildman–Crippen LogP) is 14.5. The van der Waals surface area contributed by atoms with Crippen LogP contribution >= 0.6 is 0 Å². The largest absolute Gasteiger partial charge is 0.456 e. The summed E-state index contributed by atoms with van der Waals surface area (Å²) in [7, 11) is 0. The lowest BCUT2D eigenvalue weighted by atomic mass is 9.93. The molecular formula is C53H35N3O. The van der Waals surface area contributed by atoms with Crippen LogP contribution in [0.2, 0.25) is 0 Å². The van der Waals surface area contributed by atoms with E-state index in [9.17, 15) is 0 Å². The van der Waals surface area contributed by atoms with Gasteiger partial charge in [-0.2, -0.15) is 0 Å². The zero-order valence-corrected chi connectivity index (χ0v) is 31.0. The Bertz CT molecular complexity index is 3180. The molecule has 11 rings (SSSR count). The smallest absolute Gasteiger partial charge is 0.135 e. The number of hydrogen-bond acceptors (Lipinski definition) is 3. The van der Waals surface area contributed by atoms with Crippen molar-refractivity contribution in [3.63, 3.8) is 0 Å². The summed E-state index contributed by atoms with van der Waals surface area (Å²) in [5.74, 6) is 0. The van der Waals surface area contributed by atoms with Crippen LogP contribution in [0.4, 0.5) is 17.1 Å². The van der Waals surface area contributed by atoms with Crippen LogP contribution in [0, 0.1) is 0 Å². The van der Waals surface area contributed by atoms with Gasteiger partial charge in [0.25, 0.3) is 0 Å². The van der Waals surface area contributed by atoms with Crippen molar-refractivity contribution >= 4 is 60.8 Å². The highest BCUT2D eigenvalue weighted by molar-refractivity contribution is 6.11. The van der Waals surface area contributed by atoms with E-state index in [4.69, 9.17) is 9.40 Å². The molecule has 0 amide bonds. The molecule has 0 unspecified atom stereocenters. The van der Waals surface area contributed by atoms with Crippen LogP contribution in [0.15, 0.2) is 217 Å². The van der Waals surface area contributed by atoms with Crippen molar-refractivity contribution in [1.29, 1.82) is 0 Å². The minimum Gasteiger partial charge on any atom is -0.456 e. The van der Waals surface area contributed by atoms with Gasteiger partial charge in [-0.3, -0.25) is 4.98 Å². The number of rotatable bonds is 7. The van der Waals surface area contributed by atoms with E-state index < -0.39 is 0 Å². The normalized spacial score (nSPS) is 11.5. The maximum absolute atomic E-state index is 6.22. The van der Waals surface area contributed by atoms with Gasteiger partial charge in [0.05, 0.1) is 28.6 Å². The predicted molar refractivity (Wildman–Crippen MR) is 237 cm³/mol. The third kappa shape index (κ3) is 5.74. The summed E-state index contributed by atoms with van der Waals surface area (Å²) in [5.41, 5.74) is 14.9. The Kier molecular flexibility index (Phi) is 7.78. The molecule has 0 bridgehead atoms. The molecule has 8 aromatic carbocycles. The van der Waals surface area contributed by atoms with Crippen LogP contribution < -0.4 is 4.90 Å². The second-order valence-corrected chi connectivity index (χ2v) is 14.4. The molecule has 268 valence electrons. The third-order valence-electron chi connectivity index (χ3n) is 11.0. The number of para-hydroxylation sites is 5. The summed E-state index contributed by atoms with van der Waals surface area (Å²) >= 11 is 0. The molecule has 4 heteroatoms. The maximum Gasteiger partial charge on any atom is 0.135 e. The van der Waals surface area contributed by atoms with Crippen LogP contribution in [0.25, 0.3) is 82.9 Å². The van der Waals surface area contributed by atoms with Crippen molar-refractivity contribution in [1.82, 2.24) is 9.55 Å². The number of aromatic nitrogens is 2. The van der Waals surface area contributed by atoms with Crippen molar-refractivity contribution in [3.8, 4) is 39.2 Å². The van der Waals surface area contributed by atoms with Gasteiger partial charge in [0.15, 0.2) is 0 Å². The molecule has 0 radical (unpaired) electrons. The average molecular weight is 730 g/mol. The number of pyridine rings is 1. The zero-order chi connectivity index (χ0) is 37.7. The van der Waals surface area contributed by atoms with Crippen molar-refractivity contribution in [2.45, 2.75) is 0 Å². The molecule has 57 heavy (non-hydrogen) atoms. The summed E-state index contributed by atoms with van der Waals surface area (Å²) in [6.07, 6.45) is 1.98. The Hall–Kier alpha value is -7.69. The summed E-state index contributed by atoms with van der Waals surface area (Å²) in [5, 5.41) is 4.67. The van der Waals surface area contributed by atoms with Gasteiger partial charge in [-0.15, -0.1) is 0 Å². The number of benzene rings is 8. The summed E-state index contributed by atoms with van der Waals surface area (Å²) in [4.78, 5) is 7.38. The van der Waals surface area contributed by atoms with Gasteiger partial charge in [0.2, 0.25) is 0 Å². The van der Waals surface area contributed by atoms with Gasteiger partial charge in [0.1, 0.15) is 11.2 Å². The van der Waals surface area contributed by atoms with E-state index in [0.29, 0.717) is 0 Å². The highest BCUT2D eigenvalue weighted by atomic mass is 16.3. The quantitative estimate of drug-likeness (QED) is 0.164. The third-order valence-corrected chi connectivity index (χ3v) is 11.0. The molecule has 3 aromatic heterocycles. The summed E-state index contributed by atoms with van der Waals surface area (Å²) < 4.78 is 8.58. The molecule has 0 saturated carbocycles. The Morgan fingerprint density at radius 3 is 1.63 bits per heavy atom. The fourth-order valence-corrected chi connectivity index (χ4v) is 8.31. The standard InChI is InChI=1S/C53H35N3O/c1-4-14-41(15-5-1)55(42-16-6-2-7-17-42)44-26-27-49(54-35-44)40-31-38(30-39(32-40)37-25-29-53-48(34-37)46-21-11-13-23-52(46)57-53)36-24-28-51-47(33-36)45-20-10-12-22-50(45)56(51)43-18-8-3-9-19-43/h1-35H. The second kappa shape index (κ2) is 13.6. The summed E-state index contributed by atoms with van der Waals surface area (Å²) in [6, 6.07) is 73.0. The molecule has 0 atom stereocenters. The van der Waals surface area contributed by atoms with E-state index in [1.165, 1.54) is 21.8 Å². The van der Waals surface area contributed by atoms with Gasteiger partial charge < -0.3 is 13.9 Å². The first kappa shape index (κ1) is 32.7. The molecule has 0 N–H and O–H groups in total. The van der Waals surface area contributed by atoms with Crippen LogP contribution in [0.5, 0.6) is 0 Å². The van der Waals surface area contributed by atoms with Crippen LogP contribution in [-0.2, 0) is 0 Å². The van der Waals surface area contributed by atoms with Crippen LogP contribution in [0.3, 0.4) is 0 Å². The maximum atomic E-state index is 6.22. The minimum absolute atomic E-state index is 0.884. The van der Waals surface area contributed by atoms with Crippen molar-refractivity contribution in [2.75, 3.05) is 4.90 Å². The molecule has 0 saturated heterocycles. The van der Waals surface area contributed by atoms with Crippen LogP contribution in [-0.4, -0.2) is 9.55 Å². The lowest BCUT2D eigenvalue weighted by Crippen LogP contribution is -2.10.